The van der Waals surface area contributed by atoms with Crippen LogP contribution in [0, 0.1) is 6.92 Å². The Balaban J connectivity index is 1.51. The highest BCUT2D eigenvalue weighted by atomic mass is 32.2. The van der Waals surface area contributed by atoms with Crippen molar-refractivity contribution >= 4 is 23.5 Å². The summed E-state index contributed by atoms with van der Waals surface area (Å²) in [5.41, 5.74) is 4.30. The Hall–Kier alpha value is -2.98. The van der Waals surface area contributed by atoms with Crippen molar-refractivity contribution in [1.29, 1.82) is 0 Å². The van der Waals surface area contributed by atoms with E-state index in [1.54, 1.807) is 16.7 Å². The minimum atomic E-state index is -0.309. The van der Waals surface area contributed by atoms with E-state index in [0.29, 0.717) is 0 Å². The molecule has 1 heterocycles. The number of anilines is 1. The fraction of sp³-hybridized carbons (Fsp3) is 0.160. The molecular weight excluding hydrogens is 378 g/mol. The molecule has 0 saturated heterocycles. The van der Waals surface area contributed by atoms with Crippen LogP contribution in [0.25, 0.3) is 0 Å². The minimum Gasteiger partial charge on any atom is -0.444 e. The zero-order valence-corrected chi connectivity index (χ0v) is 17.1. The highest BCUT2D eigenvalue weighted by molar-refractivity contribution is 8.02. The maximum Gasteiger partial charge on any atom is 0.415 e. The molecule has 0 aliphatic carbocycles. The number of rotatable bonds is 5. The van der Waals surface area contributed by atoms with Gasteiger partial charge in [-0.1, -0.05) is 84.1 Å². The predicted octanol–water partition coefficient (Wildman–Crippen LogP) is 6.37. The minimum absolute atomic E-state index is 0.0497. The molecule has 3 aromatic carbocycles. The molecule has 1 atom stereocenters. The molecule has 1 aliphatic rings. The van der Waals surface area contributed by atoms with Crippen LogP contribution in [0.1, 0.15) is 16.7 Å². The molecule has 146 valence electrons. The van der Waals surface area contributed by atoms with Crippen LogP contribution >= 0.6 is 11.8 Å². The number of aryl methyl sites for hydroxylation is 1. The summed E-state index contributed by atoms with van der Waals surface area (Å²) in [6, 6.07) is 26.2. The van der Waals surface area contributed by atoms with Crippen LogP contribution in [0.15, 0.2) is 95.2 Å². The number of amides is 1. The summed E-state index contributed by atoms with van der Waals surface area (Å²) in [4.78, 5) is 15.9. The van der Waals surface area contributed by atoms with Gasteiger partial charge in [0.15, 0.2) is 0 Å². The van der Waals surface area contributed by atoms with Crippen LogP contribution in [0.5, 0.6) is 0 Å². The third-order valence-corrected chi connectivity index (χ3v) is 5.74. The molecule has 4 heteroatoms. The smallest absolute Gasteiger partial charge is 0.415 e. The first kappa shape index (κ1) is 19.3. The van der Waals surface area contributed by atoms with E-state index in [1.807, 2.05) is 60.7 Å². The Morgan fingerprint density at radius 3 is 2.55 bits per heavy atom. The van der Waals surface area contributed by atoms with Crippen molar-refractivity contribution < 1.29 is 9.53 Å². The number of nitrogens with zero attached hydrogens (tertiary/aromatic N) is 1. The Morgan fingerprint density at radius 2 is 1.79 bits per heavy atom. The van der Waals surface area contributed by atoms with Crippen molar-refractivity contribution in [3.05, 3.63) is 107 Å². The Labute approximate surface area is 176 Å². The zero-order valence-electron chi connectivity index (χ0n) is 16.3. The maximum atomic E-state index is 13.0. The lowest BCUT2D eigenvalue weighted by molar-refractivity contribution is 0.146. The first-order valence-electron chi connectivity index (χ1n) is 9.68. The molecular formula is C25H23NO2S. The van der Waals surface area contributed by atoms with Gasteiger partial charge in [0.25, 0.3) is 0 Å². The molecule has 0 saturated carbocycles. The monoisotopic (exact) mass is 401 g/mol. The number of benzene rings is 3. The first-order chi connectivity index (χ1) is 14.2. The van der Waals surface area contributed by atoms with E-state index in [4.69, 9.17) is 4.74 Å². The van der Waals surface area contributed by atoms with Crippen LogP contribution in [0.3, 0.4) is 0 Å². The largest absolute Gasteiger partial charge is 0.444 e. The Morgan fingerprint density at radius 1 is 1.07 bits per heavy atom. The summed E-state index contributed by atoms with van der Waals surface area (Å²) in [5.74, 6) is 0. The van der Waals surface area contributed by atoms with Gasteiger partial charge in [-0.25, -0.2) is 4.79 Å². The van der Waals surface area contributed by atoms with Gasteiger partial charge in [-0.2, -0.15) is 0 Å². The summed E-state index contributed by atoms with van der Waals surface area (Å²) in [7, 11) is 0. The van der Waals surface area contributed by atoms with Gasteiger partial charge in [0.05, 0.1) is 11.7 Å². The number of fused-ring (bicyclic) bond motifs is 1. The third-order valence-electron chi connectivity index (χ3n) is 4.91. The number of hydrogen-bond acceptors (Lipinski definition) is 3. The van der Waals surface area contributed by atoms with Crippen LogP contribution in [-0.4, -0.2) is 12.1 Å². The van der Waals surface area contributed by atoms with Crippen LogP contribution in [0.4, 0.5) is 10.5 Å². The molecule has 0 radical (unpaired) electrons. The summed E-state index contributed by atoms with van der Waals surface area (Å²) in [6.07, 6.45) is 2.58. The Bertz CT molecular complexity index is 1000. The predicted molar refractivity (Wildman–Crippen MR) is 119 cm³/mol. The average Bonchev–Trinajstić information content (AvgIpc) is 3.11. The van der Waals surface area contributed by atoms with Crippen molar-refractivity contribution in [2.45, 2.75) is 30.9 Å². The fourth-order valence-electron chi connectivity index (χ4n) is 3.49. The summed E-state index contributed by atoms with van der Waals surface area (Å²) in [5, 5.41) is 2.07. The molecule has 29 heavy (non-hydrogen) atoms. The summed E-state index contributed by atoms with van der Waals surface area (Å²) < 4.78 is 5.64. The fourth-order valence-corrected chi connectivity index (χ4v) is 4.22. The van der Waals surface area contributed by atoms with Gasteiger partial charge in [-0.15, -0.1) is 0 Å². The maximum absolute atomic E-state index is 13.0. The standard InChI is InChI=1S/C25H23NO2S/c1-19-12-13-24-21(16-19)17-22(14-15-29-23-10-6-3-7-11-23)26(24)25(27)28-18-20-8-4-2-5-9-20/h2-16,22H,17-18H2,1H3/b15-14+. The number of thioether (sulfide) groups is 1. The molecule has 1 unspecified atom stereocenters. The zero-order chi connectivity index (χ0) is 20.1. The topological polar surface area (TPSA) is 29.5 Å². The van der Waals surface area contributed by atoms with Gasteiger partial charge in [0, 0.05) is 4.90 Å². The molecule has 0 N–H and O–H groups in total. The molecule has 3 nitrogen and oxygen atoms in total. The molecule has 1 amide bonds. The van der Waals surface area contributed by atoms with E-state index in [-0.39, 0.29) is 18.7 Å². The van der Waals surface area contributed by atoms with E-state index in [9.17, 15) is 4.79 Å². The van der Waals surface area contributed by atoms with Crippen LogP contribution < -0.4 is 4.90 Å². The van der Waals surface area contributed by atoms with Gasteiger partial charge in [-0.3, -0.25) is 4.90 Å². The van der Waals surface area contributed by atoms with Gasteiger partial charge in [0.2, 0.25) is 0 Å². The summed E-state index contributed by atoms with van der Waals surface area (Å²) >= 11 is 1.65. The highest BCUT2D eigenvalue weighted by Gasteiger charge is 2.33. The number of ether oxygens (including phenoxy) is 1. The molecule has 4 rings (SSSR count). The van der Waals surface area contributed by atoms with Gasteiger partial charge in [0.1, 0.15) is 6.61 Å². The van der Waals surface area contributed by atoms with Crippen molar-refractivity contribution in [2.24, 2.45) is 0 Å². The van der Waals surface area contributed by atoms with Crippen LogP contribution in [-0.2, 0) is 17.8 Å². The van der Waals surface area contributed by atoms with E-state index >= 15 is 0 Å². The lowest BCUT2D eigenvalue weighted by Gasteiger charge is -2.23. The lowest BCUT2D eigenvalue weighted by Crippen LogP contribution is -2.36. The SMILES string of the molecule is Cc1ccc2c(c1)CC(/C=C/Sc1ccccc1)N2C(=O)OCc1ccccc1. The first-order valence-corrected chi connectivity index (χ1v) is 10.6. The summed E-state index contributed by atoms with van der Waals surface area (Å²) in [6.45, 7) is 2.35. The quantitative estimate of drug-likeness (QED) is 0.465. The van der Waals surface area contributed by atoms with E-state index in [2.05, 4.69) is 36.6 Å². The van der Waals surface area contributed by atoms with E-state index < -0.39 is 0 Å². The molecule has 0 fully saturated rings. The van der Waals surface area contributed by atoms with Crippen LogP contribution in [0.2, 0.25) is 0 Å². The molecule has 3 aromatic rings. The molecule has 0 bridgehead atoms. The normalized spacial score (nSPS) is 15.5. The molecule has 0 aromatic heterocycles. The lowest BCUT2D eigenvalue weighted by atomic mass is 10.1. The number of hydrogen-bond donors (Lipinski definition) is 0. The van der Waals surface area contributed by atoms with Crippen molar-refractivity contribution in [3.63, 3.8) is 0 Å². The second-order valence-electron chi connectivity index (χ2n) is 7.07. The van der Waals surface area contributed by atoms with E-state index in [0.717, 1.165) is 17.7 Å². The van der Waals surface area contributed by atoms with Gasteiger partial charge in [-0.05, 0) is 48.1 Å². The number of carbonyl (C=O) groups is 1. The van der Waals surface area contributed by atoms with Gasteiger partial charge >= 0.3 is 6.09 Å². The van der Waals surface area contributed by atoms with Gasteiger partial charge < -0.3 is 4.74 Å². The third kappa shape index (κ3) is 4.72. The number of carbonyl (C=O) groups excluding carboxylic acids is 1. The van der Waals surface area contributed by atoms with Crippen molar-refractivity contribution in [1.82, 2.24) is 0 Å². The average molecular weight is 402 g/mol. The molecule has 0 spiro atoms. The molecule has 1 aliphatic heterocycles. The second kappa shape index (κ2) is 9.01. The van der Waals surface area contributed by atoms with Crippen molar-refractivity contribution in [2.75, 3.05) is 4.90 Å². The van der Waals surface area contributed by atoms with E-state index in [1.165, 1.54) is 16.0 Å². The Kier molecular flexibility index (Phi) is 6.01. The second-order valence-corrected chi connectivity index (χ2v) is 8.05. The van der Waals surface area contributed by atoms with Crippen molar-refractivity contribution in [3.8, 4) is 0 Å². The highest BCUT2D eigenvalue weighted by Crippen LogP contribution is 2.35.